The van der Waals surface area contributed by atoms with Crippen molar-refractivity contribution < 1.29 is 4.79 Å². The molecule has 3 rings (SSSR count). The number of carbonyl (C=O) groups excluding carboxylic acids is 1. The minimum Gasteiger partial charge on any atom is -0.399 e. The van der Waals surface area contributed by atoms with E-state index < -0.39 is 0 Å². The zero-order chi connectivity index (χ0) is 14.8. The van der Waals surface area contributed by atoms with Crippen LogP contribution in [0.3, 0.4) is 0 Å². The number of H-pyrrole nitrogens is 1. The number of hydrogen-bond donors (Lipinski definition) is 2. The number of rotatable bonds is 3. The number of nitrogens with zero attached hydrogens (tertiary/aromatic N) is 3. The van der Waals surface area contributed by atoms with Crippen LogP contribution < -0.4 is 10.6 Å². The Labute approximate surface area is 123 Å². The molecule has 0 radical (unpaired) electrons. The molecule has 0 unspecified atom stereocenters. The van der Waals surface area contributed by atoms with Crippen LogP contribution in [0.5, 0.6) is 0 Å². The van der Waals surface area contributed by atoms with Crippen LogP contribution in [0, 0.1) is 0 Å². The second-order valence-electron chi connectivity index (χ2n) is 5.30. The lowest BCUT2D eigenvalue weighted by atomic mass is 10.0. The molecule has 0 fully saturated rings. The largest absolute Gasteiger partial charge is 0.399 e. The Morgan fingerprint density at radius 3 is 3.14 bits per heavy atom. The number of amides is 1. The molecular weight excluding hydrogens is 266 g/mol. The van der Waals surface area contributed by atoms with Crippen LogP contribution in [0.2, 0.25) is 0 Å². The van der Waals surface area contributed by atoms with Gasteiger partial charge >= 0.3 is 0 Å². The van der Waals surface area contributed by atoms with Crippen molar-refractivity contribution in [1.82, 2.24) is 15.2 Å². The molecule has 0 bridgehead atoms. The van der Waals surface area contributed by atoms with Crippen LogP contribution in [0.25, 0.3) is 0 Å². The molecule has 0 saturated carbocycles. The van der Waals surface area contributed by atoms with E-state index in [9.17, 15) is 4.79 Å². The molecule has 6 heteroatoms. The first-order valence-corrected chi connectivity index (χ1v) is 7.30. The summed E-state index contributed by atoms with van der Waals surface area (Å²) in [5.74, 6) is 0.845. The van der Waals surface area contributed by atoms with Gasteiger partial charge in [0, 0.05) is 24.3 Å². The van der Waals surface area contributed by atoms with Crippen LogP contribution in [0.15, 0.2) is 18.2 Å². The first kappa shape index (κ1) is 13.6. The summed E-state index contributed by atoms with van der Waals surface area (Å²) >= 11 is 0. The van der Waals surface area contributed by atoms with Gasteiger partial charge < -0.3 is 10.6 Å². The predicted octanol–water partition coefficient (Wildman–Crippen LogP) is 1.93. The fourth-order valence-corrected chi connectivity index (χ4v) is 2.69. The smallest absolute Gasteiger partial charge is 0.297 e. The van der Waals surface area contributed by atoms with Crippen LogP contribution >= 0.6 is 0 Å². The molecule has 1 aromatic heterocycles. The molecule has 1 amide bonds. The number of benzene rings is 1. The second kappa shape index (κ2) is 5.55. The van der Waals surface area contributed by atoms with E-state index in [4.69, 9.17) is 5.73 Å². The van der Waals surface area contributed by atoms with Crippen LogP contribution in [0.1, 0.15) is 41.8 Å². The van der Waals surface area contributed by atoms with Crippen molar-refractivity contribution in [1.29, 1.82) is 0 Å². The van der Waals surface area contributed by atoms with E-state index in [1.807, 2.05) is 18.2 Å². The molecule has 6 nitrogen and oxygen atoms in total. The highest BCUT2D eigenvalue weighted by molar-refractivity contribution is 6.04. The Hall–Kier alpha value is -2.37. The van der Waals surface area contributed by atoms with Gasteiger partial charge in [0.1, 0.15) is 5.82 Å². The van der Waals surface area contributed by atoms with Crippen molar-refractivity contribution in [3.63, 3.8) is 0 Å². The van der Waals surface area contributed by atoms with Crippen LogP contribution in [-0.2, 0) is 12.8 Å². The van der Waals surface area contributed by atoms with Gasteiger partial charge in [0.25, 0.3) is 5.91 Å². The Bertz CT molecular complexity index is 664. The highest BCUT2D eigenvalue weighted by Gasteiger charge is 2.26. The number of anilines is 2. The van der Waals surface area contributed by atoms with Gasteiger partial charge in [-0.15, -0.1) is 5.10 Å². The minimum absolute atomic E-state index is 0.153. The molecule has 2 heterocycles. The lowest BCUT2D eigenvalue weighted by Crippen LogP contribution is -2.36. The van der Waals surface area contributed by atoms with Crippen LogP contribution in [0.4, 0.5) is 11.4 Å². The summed E-state index contributed by atoms with van der Waals surface area (Å²) in [6.45, 7) is 2.75. The first-order chi connectivity index (χ1) is 10.2. The summed E-state index contributed by atoms with van der Waals surface area (Å²) in [5, 5.41) is 6.88. The third-order valence-corrected chi connectivity index (χ3v) is 3.68. The maximum Gasteiger partial charge on any atom is 0.297 e. The number of nitrogens with one attached hydrogen (secondary N) is 1. The molecule has 21 heavy (non-hydrogen) atoms. The fourth-order valence-electron chi connectivity index (χ4n) is 2.69. The molecule has 2 aromatic rings. The topological polar surface area (TPSA) is 87.9 Å². The summed E-state index contributed by atoms with van der Waals surface area (Å²) in [6.07, 6.45) is 3.63. The molecule has 110 valence electrons. The van der Waals surface area contributed by atoms with Crippen molar-refractivity contribution in [2.45, 2.75) is 32.6 Å². The summed E-state index contributed by atoms with van der Waals surface area (Å²) < 4.78 is 0. The standard InChI is InChI=1S/C15H19N5O/c1-2-4-13-17-14(19-18-13)15(21)20-8-3-5-10-9-11(16)6-7-12(10)20/h6-7,9H,2-5,8,16H2,1H3,(H,17,18,19). The monoisotopic (exact) mass is 285 g/mol. The molecule has 1 aromatic carbocycles. The van der Waals surface area contributed by atoms with E-state index in [2.05, 4.69) is 22.1 Å². The summed E-state index contributed by atoms with van der Waals surface area (Å²) in [7, 11) is 0. The van der Waals surface area contributed by atoms with E-state index in [1.54, 1.807) is 4.90 Å². The Morgan fingerprint density at radius 2 is 2.33 bits per heavy atom. The van der Waals surface area contributed by atoms with Gasteiger partial charge in [-0.3, -0.25) is 9.89 Å². The molecule has 0 atom stereocenters. The highest BCUT2D eigenvalue weighted by atomic mass is 16.2. The Balaban J connectivity index is 1.88. The summed E-state index contributed by atoms with van der Waals surface area (Å²) in [5.41, 5.74) is 8.57. The minimum atomic E-state index is -0.153. The third kappa shape index (κ3) is 2.61. The van der Waals surface area contributed by atoms with E-state index in [0.717, 1.165) is 48.4 Å². The van der Waals surface area contributed by atoms with Gasteiger partial charge in [-0.05, 0) is 43.0 Å². The number of aromatic amines is 1. The van der Waals surface area contributed by atoms with Crippen molar-refractivity contribution in [3.8, 4) is 0 Å². The Morgan fingerprint density at radius 1 is 1.48 bits per heavy atom. The maximum absolute atomic E-state index is 12.6. The van der Waals surface area contributed by atoms with Gasteiger partial charge in [-0.25, -0.2) is 4.98 Å². The second-order valence-corrected chi connectivity index (χ2v) is 5.30. The lowest BCUT2D eigenvalue weighted by molar-refractivity contribution is 0.0975. The quantitative estimate of drug-likeness (QED) is 0.843. The molecule has 3 N–H and O–H groups in total. The molecule has 0 saturated heterocycles. The zero-order valence-corrected chi connectivity index (χ0v) is 12.1. The van der Waals surface area contributed by atoms with Gasteiger partial charge in [-0.2, -0.15) is 0 Å². The summed E-state index contributed by atoms with van der Waals surface area (Å²) in [6, 6.07) is 5.67. The maximum atomic E-state index is 12.6. The normalized spacial score (nSPS) is 14.0. The van der Waals surface area contributed by atoms with Crippen molar-refractivity contribution >= 4 is 17.3 Å². The molecular formula is C15H19N5O. The average molecular weight is 285 g/mol. The van der Waals surface area contributed by atoms with Gasteiger partial charge in [0.05, 0.1) is 0 Å². The van der Waals surface area contributed by atoms with Gasteiger partial charge in [0.2, 0.25) is 5.82 Å². The number of nitrogen functional groups attached to an aromatic ring is 1. The average Bonchev–Trinajstić information content (AvgIpc) is 2.94. The molecule has 0 spiro atoms. The number of hydrogen-bond acceptors (Lipinski definition) is 4. The van der Waals surface area contributed by atoms with E-state index >= 15 is 0 Å². The highest BCUT2D eigenvalue weighted by Crippen LogP contribution is 2.29. The first-order valence-electron chi connectivity index (χ1n) is 7.30. The van der Waals surface area contributed by atoms with E-state index in [0.29, 0.717) is 6.54 Å². The number of aromatic nitrogens is 3. The Kier molecular flexibility index (Phi) is 3.60. The van der Waals surface area contributed by atoms with E-state index in [1.165, 1.54) is 0 Å². The third-order valence-electron chi connectivity index (χ3n) is 3.68. The van der Waals surface area contributed by atoms with Gasteiger partial charge in [0.15, 0.2) is 0 Å². The predicted molar refractivity (Wildman–Crippen MR) is 81.2 cm³/mol. The number of aryl methyl sites for hydroxylation is 2. The van der Waals surface area contributed by atoms with Crippen molar-refractivity contribution in [3.05, 3.63) is 35.4 Å². The number of nitrogens with two attached hydrogens (primary N) is 1. The fraction of sp³-hybridized carbons (Fsp3) is 0.400. The van der Waals surface area contributed by atoms with Gasteiger partial charge in [-0.1, -0.05) is 6.92 Å². The van der Waals surface area contributed by atoms with E-state index in [-0.39, 0.29) is 11.7 Å². The van der Waals surface area contributed by atoms with Crippen molar-refractivity contribution in [2.24, 2.45) is 0 Å². The summed E-state index contributed by atoms with van der Waals surface area (Å²) in [4.78, 5) is 18.6. The van der Waals surface area contributed by atoms with Crippen LogP contribution in [-0.4, -0.2) is 27.6 Å². The number of carbonyl (C=O) groups is 1. The van der Waals surface area contributed by atoms with Crippen molar-refractivity contribution in [2.75, 3.05) is 17.2 Å². The SMILES string of the molecule is CCCc1nc(C(=O)N2CCCc3cc(N)ccc32)n[nH]1. The zero-order valence-electron chi connectivity index (χ0n) is 12.1. The lowest BCUT2D eigenvalue weighted by Gasteiger charge is -2.28. The molecule has 0 aliphatic carbocycles. The molecule has 1 aliphatic rings. The molecule has 1 aliphatic heterocycles. The number of fused-ring (bicyclic) bond motifs is 1.